The number of hydrogen-bond donors (Lipinski definition) is 1. The zero-order valence-corrected chi connectivity index (χ0v) is 17.9. The minimum atomic E-state index is -0.967. The zero-order chi connectivity index (χ0) is 22.2. The number of para-hydroxylation sites is 1. The van der Waals surface area contributed by atoms with Crippen LogP contribution in [0.5, 0.6) is 0 Å². The Morgan fingerprint density at radius 1 is 0.969 bits per heavy atom. The van der Waals surface area contributed by atoms with Crippen LogP contribution in [-0.4, -0.2) is 31.6 Å². The van der Waals surface area contributed by atoms with E-state index in [2.05, 4.69) is 10.2 Å². The fourth-order valence-electron chi connectivity index (χ4n) is 3.74. The Hall–Kier alpha value is -3.97. The number of carboxylic acids is 1. The summed E-state index contributed by atoms with van der Waals surface area (Å²) in [6, 6.07) is 22.2. The number of anilines is 1. The Bertz CT molecular complexity index is 1340. The highest BCUT2D eigenvalue weighted by Crippen LogP contribution is 2.30. The summed E-state index contributed by atoms with van der Waals surface area (Å²) in [7, 11) is 0. The van der Waals surface area contributed by atoms with Crippen LogP contribution in [0.2, 0.25) is 5.02 Å². The van der Waals surface area contributed by atoms with Crippen molar-refractivity contribution in [3.8, 4) is 5.69 Å². The van der Waals surface area contributed by atoms with E-state index in [0.29, 0.717) is 17.5 Å². The van der Waals surface area contributed by atoms with Gasteiger partial charge in [0.05, 0.1) is 17.8 Å². The maximum atomic E-state index is 11.3. The van der Waals surface area contributed by atoms with Crippen molar-refractivity contribution in [2.24, 2.45) is 5.10 Å². The summed E-state index contributed by atoms with van der Waals surface area (Å²) in [5, 5.41) is 25.4. The molecule has 3 aromatic carbocycles. The summed E-state index contributed by atoms with van der Waals surface area (Å²) in [5.41, 5.74) is 4.57. The summed E-state index contributed by atoms with van der Waals surface area (Å²) in [5.74, 6) is 0.374. The Kier molecular flexibility index (Phi) is 4.95. The van der Waals surface area contributed by atoms with E-state index in [0.717, 1.165) is 33.9 Å². The number of nitrogens with zero attached hydrogens (tertiary/aromatic N) is 5. The Morgan fingerprint density at radius 2 is 1.69 bits per heavy atom. The maximum absolute atomic E-state index is 11.3. The van der Waals surface area contributed by atoms with Crippen molar-refractivity contribution in [2.75, 3.05) is 5.01 Å². The average Bonchev–Trinajstić information content (AvgIpc) is 3.12. The number of benzene rings is 3. The van der Waals surface area contributed by atoms with Crippen molar-refractivity contribution >= 4 is 29.2 Å². The number of carboxylic acid groups (broad SMARTS) is 1. The molecule has 2 heterocycles. The molecule has 1 aliphatic rings. The number of fused-ring (bicyclic) bond motifs is 3. The molecular weight excluding hydrogens is 426 g/mol. The first-order valence-electron chi connectivity index (χ1n) is 9.97. The SMILES string of the molecule is Cc1nnc2n1-c1ccccc1C(c1ccc(C(=O)O)cc1)=NN2Cc1ccc(Cl)cc1. The summed E-state index contributed by atoms with van der Waals surface area (Å²) in [6.45, 7) is 2.36. The van der Waals surface area contributed by atoms with Crippen LogP contribution in [0.1, 0.15) is 32.9 Å². The number of halogens is 1. The fourth-order valence-corrected chi connectivity index (χ4v) is 3.87. The van der Waals surface area contributed by atoms with Crippen LogP contribution in [-0.2, 0) is 6.54 Å². The van der Waals surface area contributed by atoms with Crippen LogP contribution in [0.3, 0.4) is 0 Å². The molecule has 32 heavy (non-hydrogen) atoms. The van der Waals surface area contributed by atoms with Gasteiger partial charge in [-0.3, -0.25) is 4.57 Å². The van der Waals surface area contributed by atoms with Crippen molar-refractivity contribution in [2.45, 2.75) is 13.5 Å². The Labute approximate surface area is 189 Å². The largest absolute Gasteiger partial charge is 0.478 e. The van der Waals surface area contributed by atoms with E-state index in [9.17, 15) is 9.90 Å². The molecule has 1 aliphatic heterocycles. The topological polar surface area (TPSA) is 83.6 Å². The smallest absolute Gasteiger partial charge is 0.335 e. The number of hydrogen-bond acceptors (Lipinski definition) is 5. The first-order chi connectivity index (χ1) is 15.5. The van der Waals surface area contributed by atoms with Crippen molar-refractivity contribution in [1.82, 2.24) is 14.8 Å². The van der Waals surface area contributed by atoms with Gasteiger partial charge in [-0.15, -0.1) is 10.2 Å². The molecule has 0 radical (unpaired) electrons. The second-order valence-electron chi connectivity index (χ2n) is 7.41. The molecule has 0 aliphatic carbocycles. The highest BCUT2D eigenvalue weighted by molar-refractivity contribution is 6.30. The van der Waals surface area contributed by atoms with Crippen LogP contribution < -0.4 is 5.01 Å². The third-order valence-corrected chi connectivity index (χ3v) is 5.56. The van der Waals surface area contributed by atoms with Crippen molar-refractivity contribution in [1.29, 1.82) is 0 Å². The highest BCUT2D eigenvalue weighted by Gasteiger charge is 2.26. The summed E-state index contributed by atoms with van der Waals surface area (Å²) < 4.78 is 1.98. The molecule has 4 aromatic rings. The summed E-state index contributed by atoms with van der Waals surface area (Å²) >= 11 is 6.05. The van der Waals surface area contributed by atoms with Gasteiger partial charge in [0.15, 0.2) is 0 Å². The van der Waals surface area contributed by atoms with E-state index in [1.165, 1.54) is 0 Å². The second kappa shape index (κ2) is 7.94. The third-order valence-electron chi connectivity index (χ3n) is 5.31. The van der Waals surface area contributed by atoms with Crippen molar-refractivity contribution in [3.05, 3.63) is 106 Å². The molecule has 0 saturated heterocycles. The van der Waals surface area contributed by atoms with Crippen LogP contribution in [0.25, 0.3) is 5.69 Å². The van der Waals surface area contributed by atoms with Crippen molar-refractivity contribution < 1.29 is 9.90 Å². The summed E-state index contributed by atoms with van der Waals surface area (Å²) in [6.07, 6.45) is 0. The quantitative estimate of drug-likeness (QED) is 0.494. The van der Waals surface area contributed by atoms with E-state index < -0.39 is 5.97 Å². The molecule has 0 amide bonds. The number of aryl methyl sites for hydroxylation is 1. The van der Waals surface area contributed by atoms with E-state index in [4.69, 9.17) is 16.7 Å². The fraction of sp³-hybridized carbons (Fsp3) is 0.0833. The zero-order valence-electron chi connectivity index (χ0n) is 17.1. The Balaban J connectivity index is 1.69. The minimum absolute atomic E-state index is 0.224. The molecule has 8 heteroatoms. The maximum Gasteiger partial charge on any atom is 0.335 e. The number of aromatic carboxylic acids is 1. The molecule has 7 nitrogen and oxygen atoms in total. The lowest BCUT2D eigenvalue weighted by Crippen LogP contribution is -2.20. The minimum Gasteiger partial charge on any atom is -0.478 e. The molecule has 0 atom stereocenters. The van der Waals surface area contributed by atoms with E-state index >= 15 is 0 Å². The van der Waals surface area contributed by atoms with Crippen LogP contribution in [0, 0.1) is 6.92 Å². The predicted molar refractivity (Wildman–Crippen MR) is 123 cm³/mol. The molecule has 0 bridgehead atoms. The average molecular weight is 444 g/mol. The van der Waals surface area contributed by atoms with Gasteiger partial charge in [-0.2, -0.15) is 5.10 Å². The van der Waals surface area contributed by atoms with E-state index in [-0.39, 0.29) is 5.56 Å². The van der Waals surface area contributed by atoms with Gasteiger partial charge >= 0.3 is 5.97 Å². The molecule has 158 valence electrons. The standard InChI is InChI=1S/C24H18ClN5O2/c1-15-26-27-24-29(14-16-6-12-19(25)13-7-16)28-22(17-8-10-18(11-9-17)23(31)32)20-4-2-3-5-21(20)30(15)24/h2-13H,14H2,1H3,(H,31,32). The molecular formula is C24H18ClN5O2. The van der Waals surface area contributed by atoms with Gasteiger partial charge in [-0.05, 0) is 42.8 Å². The van der Waals surface area contributed by atoms with Gasteiger partial charge in [0.1, 0.15) is 11.5 Å². The van der Waals surface area contributed by atoms with Gasteiger partial charge < -0.3 is 5.11 Å². The van der Waals surface area contributed by atoms with E-state index in [1.807, 2.05) is 65.0 Å². The van der Waals surface area contributed by atoms with Crippen molar-refractivity contribution in [3.63, 3.8) is 0 Å². The molecule has 0 fully saturated rings. The molecule has 0 spiro atoms. The monoisotopic (exact) mass is 443 g/mol. The van der Waals surface area contributed by atoms with Crippen LogP contribution >= 0.6 is 11.6 Å². The lowest BCUT2D eigenvalue weighted by atomic mass is 9.99. The molecule has 5 rings (SSSR count). The highest BCUT2D eigenvalue weighted by atomic mass is 35.5. The molecule has 1 aromatic heterocycles. The Morgan fingerprint density at radius 3 is 2.41 bits per heavy atom. The molecule has 0 saturated carbocycles. The van der Waals surface area contributed by atoms with Gasteiger partial charge in [0, 0.05) is 16.1 Å². The second-order valence-corrected chi connectivity index (χ2v) is 7.85. The van der Waals surface area contributed by atoms with Crippen LogP contribution in [0.4, 0.5) is 5.95 Å². The number of carbonyl (C=O) groups is 1. The summed E-state index contributed by atoms with van der Waals surface area (Å²) in [4.78, 5) is 11.3. The van der Waals surface area contributed by atoms with Gasteiger partial charge in [-0.25, -0.2) is 9.80 Å². The lowest BCUT2D eigenvalue weighted by Gasteiger charge is -2.18. The molecule has 0 unspecified atom stereocenters. The normalized spacial score (nSPS) is 12.6. The number of hydrazone groups is 1. The third kappa shape index (κ3) is 3.52. The number of rotatable bonds is 4. The van der Waals surface area contributed by atoms with Crippen LogP contribution in [0.15, 0.2) is 77.9 Å². The lowest BCUT2D eigenvalue weighted by molar-refractivity contribution is 0.0697. The van der Waals surface area contributed by atoms with E-state index in [1.54, 1.807) is 24.3 Å². The van der Waals surface area contributed by atoms with Gasteiger partial charge in [0.2, 0.25) is 0 Å². The predicted octanol–water partition coefficient (Wildman–Crippen LogP) is 4.70. The first-order valence-corrected chi connectivity index (χ1v) is 10.3. The molecule has 1 N–H and O–H groups in total. The van der Waals surface area contributed by atoms with Gasteiger partial charge in [0.25, 0.3) is 5.95 Å². The van der Waals surface area contributed by atoms with Gasteiger partial charge in [-0.1, -0.05) is 54.1 Å². The first kappa shape index (κ1) is 20.0. The number of aromatic nitrogens is 3.